The molecule has 18 heavy (non-hydrogen) atoms. The Labute approximate surface area is 94.8 Å². The first-order valence-corrected chi connectivity index (χ1v) is 3.96. The second-order valence-electron chi connectivity index (χ2n) is 2.75. The van der Waals surface area contributed by atoms with Crippen LogP contribution in [0.5, 0.6) is 5.75 Å². The molecule has 0 aliphatic carbocycles. The molecule has 0 aliphatic heterocycles. The summed E-state index contributed by atoms with van der Waals surface area (Å²) in [7, 11) is 0. The zero-order chi connectivity index (χ0) is 14.1. The highest BCUT2D eigenvalue weighted by molar-refractivity contribution is 5.91. The second kappa shape index (κ2) is 4.43. The van der Waals surface area contributed by atoms with Gasteiger partial charge in [0.25, 0.3) is 0 Å². The van der Waals surface area contributed by atoms with Gasteiger partial charge in [0.2, 0.25) is 17.4 Å². The van der Waals surface area contributed by atoms with Crippen LogP contribution in [-0.4, -0.2) is 27.3 Å². The van der Waals surface area contributed by atoms with Crippen LogP contribution in [0.25, 0.3) is 0 Å². The van der Waals surface area contributed by atoms with E-state index in [2.05, 4.69) is 9.72 Å². The van der Waals surface area contributed by atoms with E-state index in [4.69, 9.17) is 5.11 Å². The van der Waals surface area contributed by atoms with Crippen LogP contribution in [0.2, 0.25) is 0 Å². The summed E-state index contributed by atoms with van der Waals surface area (Å²) in [6.07, 6.45) is -5.34. The van der Waals surface area contributed by atoms with E-state index in [-0.39, 0.29) is 6.07 Å². The molecule has 0 radical (unpaired) electrons. The second-order valence-corrected chi connectivity index (χ2v) is 2.75. The number of rotatable bonds is 3. The fourth-order valence-electron chi connectivity index (χ4n) is 1.01. The van der Waals surface area contributed by atoms with Crippen LogP contribution in [-0.2, 0) is 0 Å². The minimum absolute atomic E-state index is 0.0297. The third kappa shape index (κ3) is 3.02. The third-order valence-electron chi connectivity index (χ3n) is 1.54. The number of carbonyl (C=O) groups is 1. The summed E-state index contributed by atoms with van der Waals surface area (Å²) in [4.78, 5) is 22.2. The summed E-state index contributed by atoms with van der Waals surface area (Å²) in [5.74, 6) is -5.30. The van der Waals surface area contributed by atoms with Gasteiger partial charge in [0.15, 0.2) is 0 Å². The van der Waals surface area contributed by atoms with E-state index in [1.54, 1.807) is 0 Å². The molecule has 1 N–H and O–H groups in total. The molecule has 0 amide bonds. The van der Waals surface area contributed by atoms with E-state index in [0.717, 1.165) is 0 Å². The quantitative estimate of drug-likeness (QED) is 0.388. The lowest BCUT2D eigenvalue weighted by Gasteiger charge is -2.09. The standard InChI is InChI=1S/C7H2F4N2O5/c8-3-1-2(18-7(9,10)11)5(13(16)17)4(12-3)6(14)15/h1H,(H,14,15). The molecule has 0 bridgehead atoms. The van der Waals surface area contributed by atoms with Crippen molar-refractivity contribution in [2.24, 2.45) is 0 Å². The Kier molecular flexibility index (Phi) is 3.35. The molecule has 11 heteroatoms. The average Bonchev–Trinajstić information content (AvgIpc) is 2.12. The predicted molar refractivity (Wildman–Crippen MR) is 44.5 cm³/mol. The van der Waals surface area contributed by atoms with Crippen molar-refractivity contribution in [2.45, 2.75) is 6.36 Å². The van der Waals surface area contributed by atoms with Gasteiger partial charge in [-0.3, -0.25) is 10.1 Å². The molecule has 0 atom stereocenters. The highest BCUT2D eigenvalue weighted by Gasteiger charge is 2.38. The van der Waals surface area contributed by atoms with Crippen LogP contribution < -0.4 is 4.74 Å². The molecule has 0 saturated heterocycles. The molecule has 7 nitrogen and oxygen atoms in total. The predicted octanol–water partition coefficient (Wildman–Crippen LogP) is 1.73. The Bertz CT molecular complexity index is 515. The summed E-state index contributed by atoms with van der Waals surface area (Å²) in [5.41, 5.74) is -3.07. The number of hydrogen-bond donors (Lipinski definition) is 1. The number of alkyl halides is 3. The van der Waals surface area contributed by atoms with E-state index in [1.807, 2.05) is 0 Å². The largest absolute Gasteiger partial charge is 0.573 e. The number of ether oxygens (including phenoxy) is 1. The lowest BCUT2D eigenvalue weighted by atomic mass is 10.3. The molecule has 1 heterocycles. The van der Waals surface area contributed by atoms with Crippen LogP contribution in [0, 0.1) is 16.1 Å². The number of aromatic nitrogens is 1. The van der Waals surface area contributed by atoms with Crippen LogP contribution in [0.15, 0.2) is 6.07 Å². The maximum Gasteiger partial charge on any atom is 0.573 e. The topological polar surface area (TPSA) is 103 Å². The lowest BCUT2D eigenvalue weighted by molar-refractivity contribution is -0.389. The van der Waals surface area contributed by atoms with Gasteiger partial charge in [0.1, 0.15) is 0 Å². The average molecular weight is 270 g/mol. The normalized spacial score (nSPS) is 11.1. The molecule has 1 aromatic rings. The molecular formula is C7H2F4N2O5. The Morgan fingerprint density at radius 1 is 1.50 bits per heavy atom. The van der Waals surface area contributed by atoms with Gasteiger partial charge in [0, 0.05) is 6.07 Å². The van der Waals surface area contributed by atoms with Crippen LogP contribution in [0.1, 0.15) is 10.5 Å². The molecule has 0 aliphatic rings. The monoisotopic (exact) mass is 270 g/mol. The first kappa shape index (κ1) is 13.6. The van der Waals surface area contributed by atoms with Gasteiger partial charge in [0.05, 0.1) is 4.92 Å². The zero-order valence-electron chi connectivity index (χ0n) is 8.06. The van der Waals surface area contributed by atoms with Crippen LogP contribution in [0.3, 0.4) is 0 Å². The van der Waals surface area contributed by atoms with Crippen molar-refractivity contribution in [3.05, 3.63) is 27.8 Å². The van der Waals surface area contributed by atoms with Crippen molar-refractivity contribution < 1.29 is 37.1 Å². The maximum atomic E-state index is 12.8. The summed E-state index contributed by atoms with van der Waals surface area (Å²) in [6.45, 7) is 0. The SMILES string of the molecule is O=C(O)c1nc(F)cc(OC(F)(F)F)c1[N+](=O)[O-]. The van der Waals surface area contributed by atoms with Gasteiger partial charge >= 0.3 is 18.0 Å². The molecular weight excluding hydrogens is 268 g/mol. The molecule has 1 aromatic heterocycles. The zero-order valence-corrected chi connectivity index (χ0v) is 8.06. The highest BCUT2D eigenvalue weighted by atomic mass is 19.4. The maximum absolute atomic E-state index is 12.8. The van der Waals surface area contributed by atoms with E-state index in [9.17, 15) is 32.5 Å². The van der Waals surface area contributed by atoms with E-state index in [0.29, 0.717) is 0 Å². The first-order chi connectivity index (χ1) is 8.11. The number of aromatic carboxylic acids is 1. The van der Waals surface area contributed by atoms with Crippen molar-refractivity contribution in [3.63, 3.8) is 0 Å². The Hall–Kier alpha value is -2.46. The minimum Gasteiger partial charge on any atom is -0.476 e. The van der Waals surface area contributed by atoms with Gasteiger partial charge in [-0.15, -0.1) is 13.2 Å². The molecule has 0 fully saturated rings. The molecule has 0 unspecified atom stereocenters. The number of pyridine rings is 1. The number of carboxylic acids is 1. The van der Waals surface area contributed by atoms with Gasteiger partial charge < -0.3 is 9.84 Å². The number of nitro groups is 1. The van der Waals surface area contributed by atoms with Gasteiger partial charge in [-0.2, -0.15) is 4.39 Å². The van der Waals surface area contributed by atoms with E-state index in [1.165, 1.54) is 0 Å². The summed E-state index contributed by atoms with van der Waals surface area (Å²) >= 11 is 0. The number of nitrogens with zero attached hydrogens (tertiary/aromatic N) is 2. The van der Waals surface area contributed by atoms with Crippen molar-refractivity contribution in [3.8, 4) is 5.75 Å². The van der Waals surface area contributed by atoms with Gasteiger partial charge in [-0.05, 0) is 0 Å². The molecule has 0 spiro atoms. The number of hydrogen-bond acceptors (Lipinski definition) is 5. The van der Waals surface area contributed by atoms with Gasteiger partial charge in [-0.25, -0.2) is 9.78 Å². The Morgan fingerprint density at radius 2 is 2.06 bits per heavy atom. The molecule has 0 aromatic carbocycles. The van der Waals surface area contributed by atoms with Crippen LogP contribution >= 0.6 is 0 Å². The van der Waals surface area contributed by atoms with E-state index >= 15 is 0 Å². The van der Waals surface area contributed by atoms with Crippen LogP contribution in [0.4, 0.5) is 23.2 Å². The third-order valence-corrected chi connectivity index (χ3v) is 1.54. The number of halogens is 4. The van der Waals surface area contributed by atoms with Crippen molar-refractivity contribution >= 4 is 11.7 Å². The molecule has 98 valence electrons. The highest BCUT2D eigenvalue weighted by Crippen LogP contribution is 2.34. The summed E-state index contributed by atoms with van der Waals surface area (Å²) in [5, 5.41) is 19.0. The molecule has 1 rings (SSSR count). The van der Waals surface area contributed by atoms with Gasteiger partial charge in [-0.1, -0.05) is 0 Å². The van der Waals surface area contributed by atoms with Crippen molar-refractivity contribution in [1.82, 2.24) is 4.98 Å². The smallest absolute Gasteiger partial charge is 0.476 e. The fraction of sp³-hybridized carbons (Fsp3) is 0.143. The van der Waals surface area contributed by atoms with Crippen molar-refractivity contribution in [1.29, 1.82) is 0 Å². The summed E-state index contributed by atoms with van der Waals surface area (Å²) in [6, 6.07) is -0.0297. The fourth-order valence-corrected chi connectivity index (χ4v) is 1.01. The molecule has 0 saturated carbocycles. The van der Waals surface area contributed by atoms with E-state index < -0.39 is 40.3 Å². The summed E-state index contributed by atoms with van der Waals surface area (Å²) < 4.78 is 51.7. The number of carboxylic acid groups (broad SMARTS) is 1. The Morgan fingerprint density at radius 3 is 2.44 bits per heavy atom. The Balaban J connectivity index is 3.49. The van der Waals surface area contributed by atoms with Crippen molar-refractivity contribution in [2.75, 3.05) is 0 Å². The lowest BCUT2D eigenvalue weighted by Crippen LogP contribution is -2.19. The first-order valence-electron chi connectivity index (χ1n) is 3.96. The minimum atomic E-state index is -5.34.